The minimum atomic E-state index is 0.755. The van der Waals surface area contributed by atoms with Crippen molar-refractivity contribution in [1.82, 2.24) is 15.5 Å². The van der Waals surface area contributed by atoms with Crippen LogP contribution < -0.4 is 15.4 Å². The minimum absolute atomic E-state index is 0.755. The van der Waals surface area contributed by atoms with E-state index < -0.39 is 0 Å². The molecule has 0 fully saturated rings. The second-order valence-corrected chi connectivity index (χ2v) is 4.45. The summed E-state index contributed by atoms with van der Waals surface area (Å²) in [7, 11) is 1.66. The van der Waals surface area contributed by atoms with Crippen molar-refractivity contribution in [3.8, 4) is 5.75 Å². The molecule has 0 atom stereocenters. The fraction of sp³-hybridized carbons (Fsp3) is 0.286. The minimum Gasteiger partial charge on any atom is -0.495 e. The van der Waals surface area contributed by atoms with Gasteiger partial charge in [-0.3, -0.25) is 0 Å². The van der Waals surface area contributed by atoms with E-state index in [1.807, 2.05) is 24.3 Å². The quantitative estimate of drug-likeness (QED) is 0.878. The first-order valence-electron chi connectivity index (χ1n) is 6.33. The molecule has 5 heteroatoms. The Balaban J connectivity index is 1.87. The number of nitrogens with one attached hydrogen (secondary N) is 2. The normalized spacial score (nSPS) is 13.7. The highest BCUT2D eigenvalue weighted by Gasteiger charge is 2.12. The van der Waals surface area contributed by atoms with Gasteiger partial charge < -0.3 is 15.4 Å². The molecule has 0 amide bonds. The first-order chi connectivity index (χ1) is 9.36. The first kappa shape index (κ1) is 11.9. The molecule has 19 heavy (non-hydrogen) atoms. The lowest BCUT2D eigenvalue weighted by atomic mass is 10.1. The second-order valence-electron chi connectivity index (χ2n) is 4.45. The Morgan fingerprint density at radius 2 is 2.16 bits per heavy atom. The van der Waals surface area contributed by atoms with Gasteiger partial charge in [0.2, 0.25) is 0 Å². The molecule has 0 aliphatic carbocycles. The lowest BCUT2D eigenvalue weighted by molar-refractivity contribution is 0.417. The third kappa shape index (κ3) is 2.51. The van der Waals surface area contributed by atoms with Crippen LogP contribution in [0.2, 0.25) is 0 Å². The largest absolute Gasteiger partial charge is 0.495 e. The van der Waals surface area contributed by atoms with E-state index in [2.05, 4.69) is 26.9 Å². The molecule has 1 aliphatic heterocycles. The number of benzene rings is 1. The molecular weight excluding hydrogens is 240 g/mol. The number of nitrogens with zero attached hydrogens (tertiary/aromatic N) is 2. The molecule has 98 valence electrons. The van der Waals surface area contributed by atoms with Crippen LogP contribution >= 0.6 is 0 Å². The molecule has 2 aromatic rings. The summed E-state index contributed by atoms with van der Waals surface area (Å²) in [5, 5.41) is 15.0. The number of methoxy groups -OCH3 is 1. The van der Waals surface area contributed by atoms with Crippen molar-refractivity contribution in [1.29, 1.82) is 0 Å². The average molecular weight is 256 g/mol. The second kappa shape index (κ2) is 5.24. The van der Waals surface area contributed by atoms with Crippen molar-refractivity contribution in [2.75, 3.05) is 19.0 Å². The molecule has 1 aliphatic rings. The molecule has 0 spiro atoms. The van der Waals surface area contributed by atoms with Gasteiger partial charge in [-0.05, 0) is 36.7 Å². The maximum atomic E-state index is 5.31. The number of fused-ring (bicyclic) bond motifs is 1. The van der Waals surface area contributed by atoms with Crippen LogP contribution in [0.3, 0.4) is 0 Å². The fourth-order valence-corrected chi connectivity index (χ4v) is 2.20. The number of hydrogen-bond donors (Lipinski definition) is 2. The number of aromatic nitrogens is 2. The molecular formula is C14H16N4O. The monoisotopic (exact) mass is 256 g/mol. The van der Waals surface area contributed by atoms with E-state index in [1.54, 1.807) is 7.11 Å². The zero-order valence-electron chi connectivity index (χ0n) is 10.8. The Morgan fingerprint density at radius 3 is 3.05 bits per heavy atom. The SMILES string of the molecule is COc1ccccc1Nc1cc2c(nn1)CNCC2. The van der Waals surface area contributed by atoms with Crippen molar-refractivity contribution in [2.24, 2.45) is 0 Å². The molecule has 1 aromatic heterocycles. The highest BCUT2D eigenvalue weighted by Crippen LogP contribution is 2.26. The lowest BCUT2D eigenvalue weighted by Gasteiger charge is -2.16. The van der Waals surface area contributed by atoms with Crippen molar-refractivity contribution in [3.05, 3.63) is 41.6 Å². The van der Waals surface area contributed by atoms with E-state index >= 15 is 0 Å². The Hall–Kier alpha value is -2.14. The van der Waals surface area contributed by atoms with Crippen LogP contribution in [0, 0.1) is 0 Å². The number of para-hydroxylation sites is 2. The molecule has 0 saturated carbocycles. The highest BCUT2D eigenvalue weighted by molar-refractivity contribution is 5.64. The summed E-state index contributed by atoms with van der Waals surface area (Å²) in [5.41, 5.74) is 3.19. The Labute approximate surface area is 112 Å². The van der Waals surface area contributed by atoms with Gasteiger partial charge in [0.25, 0.3) is 0 Å². The summed E-state index contributed by atoms with van der Waals surface area (Å²) in [6.07, 6.45) is 0.992. The van der Waals surface area contributed by atoms with Crippen molar-refractivity contribution in [2.45, 2.75) is 13.0 Å². The van der Waals surface area contributed by atoms with E-state index in [1.165, 1.54) is 5.56 Å². The van der Waals surface area contributed by atoms with Crippen molar-refractivity contribution < 1.29 is 4.74 Å². The lowest BCUT2D eigenvalue weighted by Crippen LogP contribution is -2.25. The van der Waals surface area contributed by atoms with E-state index in [-0.39, 0.29) is 0 Å². The maximum Gasteiger partial charge on any atom is 0.153 e. The number of rotatable bonds is 3. The molecule has 0 radical (unpaired) electrons. The molecule has 0 saturated heterocycles. The topological polar surface area (TPSA) is 59.1 Å². The van der Waals surface area contributed by atoms with Gasteiger partial charge in [-0.1, -0.05) is 12.1 Å². The van der Waals surface area contributed by atoms with Crippen molar-refractivity contribution >= 4 is 11.5 Å². The Bertz CT molecular complexity index is 585. The van der Waals surface area contributed by atoms with Crippen LogP contribution in [0.15, 0.2) is 30.3 Å². The van der Waals surface area contributed by atoms with E-state index in [0.29, 0.717) is 0 Å². The third-order valence-electron chi connectivity index (χ3n) is 3.19. The van der Waals surface area contributed by atoms with Crippen LogP contribution in [0.5, 0.6) is 5.75 Å². The summed E-state index contributed by atoms with van der Waals surface area (Å²) in [6, 6.07) is 9.84. The van der Waals surface area contributed by atoms with Gasteiger partial charge in [-0.25, -0.2) is 0 Å². The highest BCUT2D eigenvalue weighted by atomic mass is 16.5. The molecule has 3 rings (SSSR count). The van der Waals surface area contributed by atoms with E-state index in [4.69, 9.17) is 4.74 Å². The van der Waals surface area contributed by atoms with Gasteiger partial charge in [0, 0.05) is 6.54 Å². The predicted molar refractivity (Wildman–Crippen MR) is 73.7 cm³/mol. The molecule has 1 aromatic carbocycles. The zero-order valence-corrected chi connectivity index (χ0v) is 10.8. The number of anilines is 2. The third-order valence-corrected chi connectivity index (χ3v) is 3.19. The summed E-state index contributed by atoms with van der Waals surface area (Å²) in [6.45, 7) is 1.80. The van der Waals surface area contributed by atoms with Crippen LogP contribution in [-0.4, -0.2) is 23.9 Å². The standard InChI is InChI=1S/C14H16N4O/c1-19-13-5-3-2-4-11(13)16-14-8-10-6-7-15-9-12(10)17-18-14/h2-5,8,15H,6-7,9H2,1H3,(H,16,18). The van der Waals surface area contributed by atoms with E-state index in [0.717, 1.165) is 42.5 Å². The molecule has 2 heterocycles. The van der Waals surface area contributed by atoms with Gasteiger partial charge in [0.1, 0.15) is 5.75 Å². The average Bonchev–Trinajstić information content (AvgIpc) is 2.48. The van der Waals surface area contributed by atoms with Crippen molar-refractivity contribution in [3.63, 3.8) is 0 Å². The van der Waals surface area contributed by atoms with Gasteiger partial charge >= 0.3 is 0 Å². The fourth-order valence-electron chi connectivity index (χ4n) is 2.20. The molecule has 5 nitrogen and oxygen atoms in total. The smallest absolute Gasteiger partial charge is 0.153 e. The van der Waals surface area contributed by atoms with Gasteiger partial charge in [-0.2, -0.15) is 5.10 Å². The summed E-state index contributed by atoms with van der Waals surface area (Å²) < 4.78 is 5.31. The summed E-state index contributed by atoms with van der Waals surface area (Å²) >= 11 is 0. The Kier molecular flexibility index (Phi) is 3.29. The number of ether oxygens (including phenoxy) is 1. The summed E-state index contributed by atoms with van der Waals surface area (Å²) in [5.74, 6) is 1.55. The zero-order chi connectivity index (χ0) is 13.1. The first-order valence-corrected chi connectivity index (χ1v) is 6.33. The Morgan fingerprint density at radius 1 is 1.26 bits per heavy atom. The maximum absolute atomic E-state index is 5.31. The molecule has 0 bridgehead atoms. The predicted octanol–water partition coefficient (Wildman–Crippen LogP) is 1.87. The molecule has 2 N–H and O–H groups in total. The van der Waals surface area contributed by atoms with Crippen LogP contribution in [-0.2, 0) is 13.0 Å². The molecule has 0 unspecified atom stereocenters. The van der Waals surface area contributed by atoms with Crippen LogP contribution in [0.25, 0.3) is 0 Å². The number of hydrogen-bond acceptors (Lipinski definition) is 5. The van der Waals surface area contributed by atoms with Gasteiger partial charge in [-0.15, -0.1) is 5.10 Å². The van der Waals surface area contributed by atoms with E-state index in [9.17, 15) is 0 Å². The van der Waals surface area contributed by atoms with Gasteiger partial charge in [0.05, 0.1) is 18.5 Å². The van der Waals surface area contributed by atoms with Gasteiger partial charge in [0.15, 0.2) is 5.82 Å². The summed E-state index contributed by atoms with van der Waals surface area (Å²) in [4.78, 5) is 0. The van der Waals surface area contributed by atoms with Crippen LogP contribution in [0.4, 0.5) is 11.5 Å². The van der Waals surface area contributed by atoms with Crippen LogP contribution in [0.1, 0.15) is 11.3 Å².